The van der Waals surface area contributed by atoms with Gasteiger partial charge in [0, 0.05) is 12.2 Å². The Bertz CT molecular complexity index is 230. The quantitative estimate of drug-likeness (QED) is 0.541. The fourth-order valence-corrected chi connectivity index (χ4v) is 1.02. The highest BCUT2D eigenvalue weighted by molar-refractivity contribution is 5.90. The summed E-state index contributed by atoms with van der Waals surface area (Å²) >= 11 is 0. The van der Waals surface area contributed by atoms with E-state index in [-0.39, 0.29) is 12.0 Å². The minimum atomic E-state index is -1.15. The Hall–Kier alpha value is -1.32. The Kier molecular flexibility index (Phi) is 5.60. The van der Waals surface area contributed by atoms with Crippen LogP contribution in [-0.4, -0.2) is 23.1 Å². The van der Waals surface area contributed by atoms with Gasteiger partial charge in [-0.3, -0.25) is 0 Å². The summed E-state index contributed by atoms with van der Waals surface area (Å²) in [4.78, 5) is 21.1. The normalized spacial score (nSPS) is 13.1. The Morgan fingerprint density at radius 2 is 1.93 bits per heavy atom. The molecule has 0 aliphatic heterocycles. The molecule has 0 aliphatic carbocycles. The molecule has 0 heterocycles. The van der Waals surface area contributed by atoms with Gasteiger partial charge in [0.1, 0.15) is 6.10 Å². The second-order valence-electron chi connectivity index (χ2n) is 3.30. The molecule has 1 unspecified atom stereocenters. The molecule has 14 heavy (non-hydrogen) atoms. The van der Waals surface area contributed by atoms with E-state index in [2.05, 4.69) is 0 Å². The number of carbonyl (C=O) groups is 2. The van der Waals surface area contributed by atoms with E-state index in [9.17, 15) is 9.59 Å². The van der Waals surface area contributed by atoms with Crippen LogP contribution in [0, 0.1) is 5.92 Å². The topological polar surface area (TPSA) is 63.6 Å². The number of aliphatic carboxylic acids is 1. The Morgan fingerprint density at radius 3 is 2.29 bits per heavy atom. The lowest BCUT2D eigenvalue weighted by Crippen LogP contribution is -2.21. The largest absolute Gasteiger partial charge is 0.478 e. The van der Waals surface area contributed by atoms with Crippen LogP contribution >= 0.6 is 0 Å². The van der Waals surface area contributed by atoms with Gasteiger partial charge in [0.15, 0.2) is 0 Å². The molecular formula is C10H16O4. The molecule has 0 bridgehead atoms. The molecule has 0 rings (SSSR count). The van der Waals surface area contributed by atoms with Crippen LogP contribution in [0.15, 0.2) is 12.2 Å². The van der Waals surface area contributed by atoms with E-state index in [1.54, 1.807) is 0 Å². The summed E-state index contributed by atoms with van der Waals surface area (Å²) in [7, 11) is 0. The van der Waals surface area contributed by atoms with E-state index in [1.165, 1.54) is 0 Å². The number of rotatable bonds is 5. The lowest BCUT2D eigenvalue weighted by Gasteiger charge is -2.18. The third-order valence-corrected chi connectivity index (χ3v) is 1.78. The second kappa shape index (κ2) is 6.18. The van der Waals surface area contributed by atoms with Crippen LogP contribution in [0.2, 0.25) is 0 Å². The first-order valence-electron chi connectivity index (χ1n) is 4.59. The average molecular weight is 200 g/mol. The molecule has 0 spiro atoms. The zero-order valence-corrected chi connectivity index (χ0v) is 8.69. The van der Waals surface area contributed by atoms with Crippen LogP contribution in [-0.2, 0) is 14.3 Å². The maximum atomic E-state index is 11.0. The van der Waals surface area contributed by atoms with Gasteiger partial charge in [-0.05, 0) is 12.3 Å². The Balaban J connectivity index is 4.10. The van der Waals surface area contributed by atoms with E-state index >= 15 is 0 Å². The third kappa shape index (κ3) is 5.35. The van der Waals surface area contributed by atoms with Crippen LogP contribution in [0.4, 0.5) is 0 Å². The molecule has 0 amide bonds. The van der Waals surface area contributed by atoms with Gasteiger partial charge in [-0.2, -0.15) is 0 Å². The molecule has 1 N–H and O–H groups in total. The van der Waals surface area contributed by atoms with Gasteiger partial charge in [-0.15, -0.1) is 0 Å². The fourth-order valence-electron chi connectivity index (χ4n) is 1.02. The molecule has 0 radical (unpaired) electrons. The number of carbonyl (C=O) groups excluding carboxylic acids is 1. The predicted octanol–water partition coefficient (Wildman–Crippen LogP) is 1.60. The fraction of sp³-hybridized carbons (Fsp3) is 0.600. The van der Waals surface area contributed by atoms with Crippen LogP contribution in [0.1, 0.15) is 27.2 Å². The van der Waals surface area contributed by atoms with Gasteiger partial charge in [-0.1, -0.05) is 20.8 Å². The molecule has 0 aromatic heterocycles. The summed E-state index contributed by atoms with van der Waals surface area (Å²) in [5.74, 6) is -1.52. The van der Waals surface area contributed by atoms with E-state index in [4.69, 9.17) is 9.84 Å². The molecule has 4 nitrogen and oxygen atoms in total. The van der Waals surface area contributed by atoms with Crippen LogP contribution in [0.25, 0.3) is 0 Å². The molecule has 0 fully saturated rings. The summed E-state index contributed by atoms with van der Waals surface area (Å²) in [5.41, 5.74) is 0. The maximum Gasteiger partial charge on any atom is 0.331 e. The van der Waals surface area contributed by atoms with Crippen LogP contribution < -0.4 is 0 Å². The first kappa shape index (κ1) is 12.7. The molecule has 0 aromatic carbocycles. The summed E-state index contributed by atoms with van der Waals surface area (Å²) in [5, 5.41) is 8.27. The molecule has 0 saturated heterocycles. The molecule has 80 valence electrons. The number of hydrogen-bond donors (Lipinski definition) is 1. The minimum Gasteiger partial charge on any atom is -0.478 e. The highest BCUT2D eigenvalue weighted by atomic mass is 16.5. The Labute approximate surface area is 83.6 Å². The van der Waals surface area contributed by atoms with E-state index in [0.717, 1.165) is 18.6 Å². The first-order chi connectivity index (χ1) is 6.47. The van der Waals surface area contributed by atoms with E-state index in [0.29, 0.717) is 0 Å². The molecular weight excluding hydrogens is 184 g/mol. The van der Waals surface area contributed by atoms with Crippen molar-refractivity contribution in [3.8, 4) is 0 Å². The number of ether oxygens (including phenoxy) is 1. The summed E-state index contributed by atoms with van der Waals surface area (Å²) in [6, 6.07) is 0. The monoisotopic (exact) mass is 200 g/mol. The van der Waals surface area contributed by atoms with Crippen molar-refractivity contribution in [2.24, 2.45) is 5.92 Å². The SMILES string of the molecule is CCC(OC(=O)C=CC(=O)O)C(C)C. The van der Waals surface area contributed by atoms with Gasteiger partial charge in [0.25, 0.3) is 0 Å². The minimum absolute atomic E-state index is 0.152. The Morgan fingerprint density at radius 1 is 1.36 bits per heavy atom. The van der Waals surface area contributed by atoms with Crippen molar-refractivity contribution < 1.29 is 19.4 Å². The van der Waals surface area contributed by atoms with Crippen molar-refractivity contribution in [3.63, 3.8) is 0 Å². The van der Waals surface area contributed by atoms with Gasteiger partial charge >= 0.3 is 11.9 Å². The van der Waals surface area contributed by atoms with Crippen molar-refractivity contribution in [2.75, 3.05) is 0 Å². The van der Waals surface area contributed by atoms with Crippen LogP contribution in [0.3, 0.4) is 0 Å². The zero-order valence-electron chi connectivity index (χ0n) is 8.69. The number of carboxylic acid groups (broad SMARTS) is 1. The molecule has 0 aliphatic rings. The van der Waals surface area contributed by atoms with E-state index < -0.39 is 11.9 Å². The van der Waals surface area contributed by atoms with Crippen molar-refractivity contribution >= 4 is 11.9 Å². The summed E-state index contributed by atoms with van der Waals surface area (Å²) < 4.78 is 5.02. The number of esters is 1. The van der Waals surface area contributed by atoms with Gasteiger partial charge in [0.05, 0.1) is 0 Å². The molecule has 0 saturated carbocycles. The number of hydrogen-bond acceptors (Lipinski definition) is 3. The average Bonchev–Trinajstić information content (AvgIpc) is 2.10. The van der Waals surface area contributed by atoms with Crippen LogP contribution in [0.5, 0.6) is 0 Å². The van der Waals surface area contributed by atoms with E-state index in [1.807, 2.05) is 20.8 Å². The predicted molar refractivity (Wildman–Crippen MR) is 51.8 cm³/mol. The first-order valence-corrected chi connectivity index (χ1v) is 4.59. The molecule has 0 aromatic rings. The lowest BCUT2D eigenvalue weighted by molar-refractivity contribution is -0.145. The highest BCUT2D eigenvalue weighted by Crippen LogP contribution is 2.10. The maximum absolute atomic E-state index is 11.0. The van der Waals surface area contributed by atoms with Crippen molar-refractivity contribution in [1.29, 1.82) is 0 Å². The number of carboxylic acids is 1. The molecule has 1 atom stereocenters. The van der Waals surface area contributed by atoms with Gasteiger partial charge < -0.3 is 9.84 Å². The lowest BCUT2D eigenvalue weighted by atomic mass is 10.1. The highest BCUT2D eigenvalue weighted by Gasteiger charge is 2.14. The third-order valence-electron chi connectivity index (χ3n) is 1.78. The second-order valence-corrected chi connectivity index (χ2v) is 3.30. The van der Waals surface area contributed by atoms with Gasteiger partial charge in [-0.25, -0.2) is 9.59 Å². The van der Waals surface area contributed by atoms with Crippen molar-refractivity contribution in [3.05, 3.63) is 12.2 Å². The summed E-state index contributed by atoms with van der Waals surface area (Å²) in [6.07, 6.45) is 2.27. The van der Waals surface area contributed by atoms with Crippen molar-refractivity contribution in [1.82, 2.24) is 0 Å². The summed E-state index contributed by atoms with van der Waals surface area (Å²) in [6.45, 7) is 5.81. The van der Waals surface area contributed by atoms with Crippen molar-refractivity contribution in [2.45, 2.75) is 33.3 Å². The standard InChI is InChI=1S/C10H16O4/c1-4-8(7(2)3)14-10(13)6-5-9(11)12/h5-8H,4H2,1-3H3,(H,11,12). The zero-order chi connectivity index (χ0) is 11.1. The van der Waals surface area contributed by atoms with Gasteiger partial charge in [0.2, 0.25) is 0 Å². The molecule has 4 heteroatoms. The smallest absolute Gasteiger partial charge is 0.331 e.